The molecule has 1 saturated heterocycles. The molecule has 0 aromatic carbocycles. The zero-order valence-electron chi connectivity index (χ0n) is 13.3. The van der Waals surface area contributed by atoms with Crippen molar-refractivity contribution in [3.05, 3.63) is 0 Å². The molecule has 4 nitrogen and oxygen atoms in total. The summed E-state index contributed by atoms with van der Waals surface area (Å²) in [5.74, 6) is 0.641. The molecule has 1 aliphatic heterocycles. The van der Waals surface area contributed by atoms with Gasteiger partial charge < -0.3 is 19.9 Å². The summed E-state index contributed by atoms with van der Waals surface area (Å²) in [6, 6.07) is 0. The summed E-state index contributed by atoms with van der Waals surface area (Å²) in [6.07, 6.45) is 7.12. The Morgan fingerprint density at radius 2 is 2.20 bits per heavy atom. The van der Waals surface area contributed by atoms with Gasteiger partial charge in [0, 0.05) is 26.3 Å². The van der Waals surface area contributed by atoms with E-state index in [1.54, 1.807) is 0 Å². The topological polar surface area (TPSA) is 50.7 Å². The highest BCUT2D eigenvalue weighted by Gasteiger charge is 2.15. The van der Waals surface area contributed by atoms with E-state index in [9.17, 15) is 5.11 Å². The van der Waals surface area contributed by atoms with E-state index < -0.39 is 6.10 Å². The van der Waals surface area contributed by atoms with E-state index in [4.69, 9.17) is 9.47 Å². The van der Waals surface area contributed by atoms with Crippen molar-refractivity contribution in [2.45, 2.75) is 64.6 Å². The van der Waals surface area contributed by atoms with Crippen molar-refractivity contribution in [1.29, 1.82) is 0 Å². The van der Waals surface area contributed by atoms with Crippen molar-refractivity contribution in [3.8, 4) is 0 Å². The molecule has 1 aliphatic rings. The number of unbranched alkanes of at least 4 members (excludes halogenated alkanes) is 1. The largest absolute Gasteiger partial charge is 0.389 e. The van der Waals surface area contributed by atoms with Gasteiger partial charge in [-0.1, -0.05) is 33.1 Å². The number of aliphatic hydroxyl groups excluding tert-OH is 1. The van der Waals surface area contributed by atoms with Crippen LogP contribution in [0.2, 0.25) is 0 Å². The Balaban J connectivity index is 1.96. The lowest BCUT2D eigenvalue weighted by atomic mass is 10.0. The van der Waals surface area contributed by atoms with Gasteiger partial charge >= 0.3 is 0 Å². The Morgan fingerprint density at radius 3 is 2.85 bits per heavy atom. The minimum atomic E-state index is -0.417. The van der Waals surface area contributed by atoms with Crippen molar-refractivity contribution in [2.75, 3.05) is 32.9 Å². The summed E-state index contributed by atoms with van der Waals surface area (Å²) in [4.78, 5) is 0. The van der Waals surface area contributed by atoms with Crippen LogP contribution >= 0.6 is 0 Å². The predicted octanol–water partition coefficient (Wildman–Crippen LogP) is 2.35. The molecule has 0 aromatic heterocycles. The normalized spacial score (nSPS) is 22.1. The molecule has 3 atom stereocenters. The van der Waals surface area contributed by atoms with Crippen LogP contribution in [0.1, 0.15) is 52.4 Å². The Kier molecular flexibility index (Phi) is 10.3. The van der Waals surface area contributed by atoms with Gasteiger partial charge in [-0.3, -0.25) is 0 Å². The van der Waals surface area contributed by atoms with Crippen LogP contribution in [0.25, 0.3) is 0 Å². The van der Waals surface area contributed by atoms with Gasteiger partial charge in [-0.2, -0.15) is 0 Å². The van der Waals surface area contributed by atoms with Gasteiger partial charge in [-0.15, -0.1) is 0 Å². The van der Waals surface area contributed by atoms with E-state index in [0.717, 1.165) is 39.0 Å². The molecule has 0 aromatic rings. The third-order valence-electron chi connectivity index (χ3n) is 3.98. The first kappa shape index (κ1) is 17.9. The van der Waals surface area contributed by atoms with Crippen LogP contribution in [0.15, 0.2) is 0 Å². The lowest BCUT2D eigenvalue weighted by molar-refractivity contribution is 0.0176. The van der Waals surface area contributed by atoms with Crippen LogP contribution in [0.4, 0.5) is 0 Å². The molecule has 0 spiro atoms. The van der Waals surface area contributed by atoms with Crippen LogP contribution in [-0.2, 0) is 9.47 Å². The minimum absolute atomic E-state index is 0.335. The van der Waals surface area contributed by atoms with Crippen molar-refractivity contribution >= 4 is 0 Å². The van der Waals surface area contributed by atoms with Crippen molar-refractivity contribution in [1.82, 2.24) is 5.32 Å². The summed E-state index contributed by atoms with van der Waals surface area (Å²) in [5.41, 5.74) is 0. The van der Waals surface area contributed by atoms with Crippen LogP contribution in [0.3, 0.4) is 0 Å². The monoisotopic (exact) mass is 287 g/mol. The molecule has 1 heterocycles. The highest BCUT2D eigenvalue weighted by Crippen LogP contribution is 2.13. The first-order chi connectivity index (χ1) is 9.76. The van der Waals surface area contributed by atoms with E-state index in [2.05, 4.69) is 19.2 Å². The molecule has 1 fully saturated rings. The number of nitrogens with one attached hydrogen (secondary N) is 1. The number of hydrogen-bond acceptors (Lipinski definition) is 4. The molecular formula is C16H33NO3. The Labute approximate surface area is 124 Å². The summed E-state index contributed by atoms with van der Waals surface area (Å²) in [6.45, 7) is 7.95. The van der Waals surface area contributed by atoms with Crippen LogP contribution in [0.5, 0.6) is 0 Å². The number of aliphatic hydroxyl groups is 1. The van der Waals surface area contributed by atoms with E-state index >= 15 is 0 Å². The zero-order chi connectivity index (χ0) is 14.6. The number of ether oxygens (including phenoxy) is 2. The van der Waals surface area contributed by atoms with Gasteiger partial charge in [-0.05, 0) is 25.2 Å². The fourth-order valence-electron chi connectivity index (χ4n) is 2.54. The average molecular weight is 287 g/mol. The Hall–Kier alpha value is -0.160. The summed E-state index contributed by atoms with van der Waals surface area (Å²) < 4.78 is 11.2. The molecule has 1 rings (SSSR count). The third-order valence-corrected chi connectivity index (χ3v) is 3.98. The Bertz CT molecular complexity index is 220. The number of hydrogen-bond donors (Lipinski definition) is 2. The van der Waals surface area contributed by atoms with Gasteiger partial charge in [0.15, 0.2) is 0 Å². The lowest BCUT2D eigenvalue weighted by Gasteiger charge is -2.18. The Morgan fingerprint density at radius 1 is 1.35 bits per heavy atom. The minimum Gasteiger partial charge on any atom is -0.389 e. The van der Waals surface area contributed by atoms with E-state index in [0.29, 0.717) is 25.2 Å². The average Bonchev–Trinajstić information content (AvgIpc) is 2.96. The lowest BCUT2D eigenvalue weighted by Crippen LogP contribution is -2.35. The first-order valence-electron chi connectivity index (χ1n) is 8.34. The van der Waals surface area contributed by atoms with E-state index in [1.807, 2.05) is 0 Å². The van der Waals surface area contributed by atoms with Gasteiger partial charge in [0.05, 0.1) is 18.8 Å². The predicted molar refractivity (Wildman–Crippen MR) is 82.0 cm³/mol. The van der Waals surface area contributed by atoms with Gasteiger partial charge in [0.25, 0.3) is 0 Å². The highest BCUT2D eigenvalue weighted by atomic mass is 16.5. The molecule has 20 heavy (non-hydrogen) atoms. The van der Waals surface area contributed by atoms with Crippen molar-refractivity contribution < 1.29 is 14.6 Å². The fraction of sp³-hybridized carbons (Fsp3) is 1.00. The molecule has 120 valence electrons. The van der Waals surface area contributed by atoms with Crippen LogP contribution < -0.4 is 5.32 Å². The maximum Gasteiger partial charge on any atom is 0.0897 e. The molecule has 0 amide bonds. The maximum atomic E-state index is 9.86. The van der Waals surface area contributed by atoms with Crippen LogP contribution in [0, 0.1) is 5.92 Å². The van der Waals surface area contributed by atoms with Gasteiger partial charge in [0.1, 0.15) is 0 Å². The molecule has 0 bridgehead atoms. The molecule has 0 saturated carbocycles. The molecular weight excluding hydrogens is 254 g/mol. The van der Waals surface area contributed by atoms with Crippen molar-refractivity contribution in [3.63, 3.8) is 0 Å². The smallest absolute Gasteiger partial charge is 0.0897 e. The second kappa shape index (κ2) is 11.5. The fourth-order valence-corrected chi connectivity index (χ4v) is 2.54. The standard InChI is InChI=1S/C16H33NO3/c1-3-5-7-14(4-2)12-19-13-15(18)10-17-11-16-8-6-9-20-16/h14-18H,3-13H2,1-2H3. The number of rotatable bonds is 12. The molecule has 2 N–H and O–H groups in total. The third kappa shape index (κ3) is 8.20. The highest BCUT2D eigenvalue weighted by molar-refractivity contribution is 4.69. The van der Waals surface area contributed by atoms with Crippen LogP contribution in [-0.4, -0.2) is 50.2 Å². The molecule has 4 heteroatoms. The maximum absolute atomic E-state index is 9.86. The second-order valence-electron chi connectivity index (χ2n) is 5.90. The molecule has 0 radical (unpaired) electrons. The quantitative estimate of drug-likeness (QED) is 0.578. The molecule has 3 unspecified atom stereocenters. The first-order valence-corrected chi connectivity index (χ1v) is 8.34. The van der Waals surface area contributed by atoms with Gasteiger partial charge in [-0.25, -0.2) is 0 Å². The SMILES string of the molecule is CCCCC(CC)COCC(O)CNCC1CCCO1. The zero-order valence-corrected chi connectivity index (χ0v) is 13.3. The van der Waals surface area contributed by atoms with Gasteiger partial charge in [0.2, 0.25) is 0 Å². The summed E-state index contributed by atoms with van der Waals surface area (Å²) in [5, 5.41) is 13.1. The van der Waals surface area contributed by atoms with E-state index in [1.165, 1.54) is 19.3 Å². The van der Waals surface area contributed by atoms with Crippen molar-refractivity contribution in [2.24, 2.45) is 5.92 Å². The second-order valence-corrected chi connectivity index (χ2v) is 5.90. The molecule has 0 aliphatic carbocycles. The summed E-state index contributed by atoms with van der Waals surface area (Å²) in [7, 11) is 0. The summed E-state index contributed by atoms with van der Waals surface area (Å²) >= 11 is 0. The van der Waals surface area contributed by atoms with E-state index in [-0.39, 0.29) is 0 Å².